The second kappa shape index (κ2) is 9.99. The number of hydrogen-bond donors (Lipinski definition) is 0. The van der Waals surface area contributed by atoms with E-state index in [2.05, 4.69) is 4.90 Å². The van der Waals surface area contributed by atoms with Crippen LogP contribution in [-0.4, -0.2) is 47.7 Å². The molecule has 1 amide bonds. The summed E-state index contributed by atoms with van der Waals surface area (Å²) < 4.78 is 17.0. The molecule has 3 aromatic rings. The molecule has 0 bridgehead atoms. The van der Waals surface area contributed by atoms with Gasteiger partial charge in [-0.1, -0.05) is 30.3 Å². The van der Waals surface area contributed by atoms with E-state index in [0.717, 1.165) is 48.5 Å². The van der Waals surface area contributed by atoms with Crippen LogP contribution < -0.4 is 14.4 Å². The van der Waals surface area contributed by atoms with Crippen molar-refractivity contribution in [3.05, 3.63) is 71.4 Å². The van der Waals surface area contributed by atoms with Gasteiger partial charge in [-0.05, 0) is 42.7 Å². The molecule has 176 valence electrons. The van der Waals surface area contributed by atoms with Crippen LogP contribution in [0.4, 0.5) is 10.7 Å². The van der Waals surface area contributed by atoms with Crippen LogP contribution in [-0.2, 0) is 24.3 Å². The Hall–Kier alpha value is -3.81. The third-order valence-corrected chi connectivity index (χ3v) is 6.14. The fraction of sp³-hybridized carbons (Fsp3) is 0.346. The van der Waals surface area contributed by atoms with E-state index in [4.69, 9.17) is 24.2 Å². The molecule has 0 atom stereocenters. The first kappa shape index (κ1) is 22.0. The third kappa shape index (κ3) is 4.90. The van der Waals surface area contributed by atoms with Crippen LogP contribution in [0.3, 0.4) is 0 Å². The number of ether oxygens (including phenoxy) is 3. The van der Waals surface area contributed by atoms with E-state index in [9.17, 15) is 4.79 Å². The predicted molar refractivity (Wildman–Crippen MR) is 127 cm³/mol. The topological polar surface area (TPSA) is 77.0 Å². The lowest BCUT2D eigenvalue weighted by molar-refractivity contribution is 0.0912. The zero-order valence-corrected chi connectivity index (χ0v) is 19.3. The molecule has 0 saturated carbocycles. The number of methoxy groups -OCH3 is 1. The number of rotatable bonds is 6. The second-order valence-corrected chi connectivity index (χ2v) is 8.44. The first-order chi connectivity index (χ1) is 16.7. The molecule has 1 aromatic heterocycles. The van der Waals surface area contributed by atoms with Crippen molar-refractivity contribution >= 4 is 12.0 Å². The van der Waals surface area contributed by atoms with Crippen LogP contribution in [0.25, 0.3) is 0 Å². The van der Waals surface area contributed by atoms with E-state index in [-0.39, 0.29) is 12.7 Å². The molecule has 0 radical (unpaired) electrons. The number of hydrogen-bond acceptors (Lipinski definition) is 7. The monoisotopic (exact) mass is 460 g/mol. The number of benzene rings is 2. The largest absolute Gasteiger partial charge is 0.497 e. The van der Waals surface area contributed by atoms with E-state index in [1.54, 1.807) is 12.0 Å². The highest BCUT2D eigenvalue weighted by Crippen LogP contribution is 2.33. The van der Waals surface area contributed by atoms with E-state index >= 15 is 0 Å². The molecule has 34 heavy (non-hydrogen) atoms. The van der Waals surface area contributed by atoms with Crippen molar-refractivity contribution in [2.75, 3.05) is 31.6 Å². The minimum atomic E-state index is -0.353. The van der Waals surface area contributed by atoms with Gasteiger partial charge in [0.05, 0.1) is 24.9 Å². The number of carbonyl (C=O) groups is 1. The highest BCUT2D eigenvalue weighted by molar-refractivity contribution is 5.68. The first-order valence-electron chi connectivity index (χ1n) is 11.6. The smallest absolute Gasteiger partial charge is 0.410 e. The van der Waals surface area contributed by atoms with Gasteiger partial charge >= 0.3 is 6.09 Å². The maximum Gasteiger partial charge on any atom is 0.410 e. The van der Waals surface area contributed by atoms with Gasteiger partial charge in [0.2, 0.25) is 11.8 Å². The molecule has 3 heterocycles. The maximum atomic E-state index is 12.8. The van der Waals surface area contributed by atoms with Gasteiger partial charge in [-0.2, -0.15) is 4.98 Å². The number of carbonyl (C=O) groups excluding carboxylic acids is 1. The summed E-state index contributed by atoms with van der Waals surface area (Å²) in [5, 5.41) is 0. The Balaban J connectivity index is 1.37. The van der Waals surface area contributed by atoms with Gasteiger partial charge in [0, 0.05) is 26.1 Å². The van der Waals surface area contributed by atoms with E-state index in [0.29, 0.717) is 37.1 Å². The highest BCUT2D eigenvalue weighted by Gasteiger charge is 2.29. The summed E-state index contributed by atoms with van der Waals surface area (Å²) in [5.41, 5.74) is 2.70. The number of amides is 1. The van der Waals surface area contributed by atoms with Crippen LogP contribution in [0.15, 0.2) is 54.6 Å². The Labute approximate surface area is 199 Å². The molecule has 2 aliphatic rings. The summed E-state index contributed by atoms with van der Waals surface area (Å²) in [7, 11) is 1.63. The fourth-order valence-electron chi connectivity index (χ4n) is 4.24. The summed E-state index contributed by atoms with van der Waals surface area (Å²) in [5.74, 6) is 2.58. The van der Waals surface area contributed by atoms with Crippen molar-refractivity contribution < 1.29 is 19.0 Å². The van der Waals surface area contributed by atoms with Crippen LogP contribution in [0.1, 0.15) is 29.7 Å². The van der Waals surface area contributed by atoms with Crippen LogP contribution >= 0.6 is 0 Å². The maximum absolute atomic E-state index is 12.8. The Kier molecular flexibility index (Phi) is 6.46. The number of nitrogens with zero attached hydrogens (tertiary/aromatic N) is 4. The van der Waals surface area contributed by atoms with E-state index < -0.39 is 0 Å². The first-order valence-corrected chi connectivity index (χ1v) is 11.6. The molecule has 1 saturated heterocycles. The molecule has 5 rings (SSSR count). The molecule has 0 aliphatic carbocycles. The Morgan fingerprint density at radius 3 is 2.41 bits per heavy atom. The standard InChI is InChI=1S/C26H28N4O4/c1-32-20-9-11-21(12-10-20)34-24-22-17-30(26(31)33-18-19-7-3-2-4-8-19)16-13-23(22)27-25(28-24)29-14-5-6-15-29/h2-4,7-12H,5-6,13-18H2,1H3. The zero-order valence-electron chi connectivity index (χ0n) is 19.3. The molecular formula is C26H28N4O4. The summed E-state index contributed by atoms with van der Waals surface area (Å²) >= 11 is 0. The van der Waals surface area contributed by atoms with Crippen LogP contribution in [0.2, 0.25) is 0 Å². The lowest BCUT2D eigenvalue weighted by Crippen LogP contribution is -2.37. The van der Waals surface area contributed by atoms with Crippen molar-refractivity contribution in [1.82, 2.24) is 14.9 Å². The fourth-order valence-corrected chi connectivity index (χ4v) is 4.24. The van der Waals surface area contributed by atoms with E-state index in [1.807, 2.05) is 54.6 Å². The molecule has 0 N–H and O–H groups in total. The molecule has 0 unspecified atom stereocenters. The van der Waals surface area contributed by atoms with Gasteiger partial charge in [0.25, 0.3) is 0 Å². The van der Waals surface area contributed by atoms with Crippen molar-refractivity contribution in [3.8, 4) is 17.4 Å². The molecule has 8 nitrogen and oxygen atoms in total. The average molecular weight is 461 g/mol. The minimum Gasteiger partial charge on any atom is -0.497 e. The minimum absolute atomic E-state index is 0.239. The number of anilines is 1. The Bertz CT molecular complexity index is 1130. The van der Waals surface area contributed by atoms with Gasteiger partial charge < -0.3 is 24.0 Å². The van der Waals surface area contributed by atoms with Crippen molar-refractivity contribution in [3.63, 3.8) is 0 Å². The highest BCUT2D eigenvalue weighted by atomic mass is 16.6. The summed E-state index contributed by atoms with van der Waals surface area (Å²) in [6, 6.07) is 17.1. The number of aromatic nitrogens is 2. The average Bonchev–Trinajstić information content (AvgIpc) is 3.43. The third-order valence-electron chi connectivity index (χ3n) is 6.14. The molecular weight excluding hydrogens is 432 g/mol. The van der Waals surface area contributed by atoms with Crippen LogP contribution in [0, 0.1) is 0 Å². The van der Waals surface area contributed by atoms with Crippen molar-refractivity contribution in [2.24, 2.45) is 0 Å². The van der Waals surface area contributed by atoms with Gasteiger partial charge in [0.15, 0.2) is 0 Å². The molecule has 8 heteroatoms. The van der Waals surface area contributed by atoms with Crippen LogP contribution in [0.5, 0.6) is 17.4 Å². The zero-order chi connectivity index (χ0) is 23.3. The van der Waals surface area contributed by atoms with E-state index in [1.165, 1.54) is 0 Å². The quantitative estimate of drug-likeness (QED) is 0.533. The number of fused-ring (bicyclic) bond motifs is 1. The molecule has 2 aromatic carbocycles. The Morgan fingerprint density at radius 2 is 1.68 bits per heavy atom. The summed E-state index contributed by atoms with van der Waals surface area (Å²) in [6.45, 7) is 3.01. The van der Waals surface area contributed by atoms with Gasteiger partial charge in [-0.25, -0.2) is 9.78 Å². The normalized spacial score (nSPS) is 15.1. The summed E-state index contributed by atoms with van der Waals surface area (Å²) in [6.07, 6.45) is 2.54. The molecule has 2 aliphatic heterocycles. The SMILES string of the molecule is COc1ccc(Oc2nc(N3CCCC3)nc3c2CN(C(=O)OCc2ccccc2)CC3)cc1. The van der Waals surface area contributed by atoms with Crippen molar-refractivity contribution in [1.29, 1.82) is 0 Å². The predicted octanol–water partition coefficient (Wildman–Crippen LogP) is 4.57. The Morgan fingerprint density at radius 1 is 0.941 bits per heavy atom. The van der Waals surface area contributed by atoms with Gasteiger partial charge in [0.1, 0.15) is 18.1 Å². The lowest BCUT2D eigenvalue weighted by Gasteiger charge is -2.29. The van der Waals surface area contributed by atoms with Crippen molar-refractivity contribution in [2.45, 2.75) is 32.4 Å². The lowest BCUT2D eigenvalue weighted by atomic mass is 10.1. The van der Waals surface area contributed by atoms with Gasteiger partial charge in [-0.3, -0.25) is 0 Å². The molecule has 0 spiro atoms. The van der Waals surface area contributed by atoms with Gasteiger partial charge in [-0.15, -0.1) is 0 Å². The summed E-state index contributed by atoms with van der Waals surface area (Å²) in [4.78, 5) is 26.3. The molecule has 1 fully saturated rings. The second-order valence-electron chi connectivity index (χ2n) is 8.44.